The first-order chi connectivity index (χ1) is 16.5. The molecule has 3 aromatic carbocycles. The number of aromatic nitrogens is 3. The van der Waals surface area contributed by atoms with E-state index in [0.29, 0.717) is 33.7 Å². The predicted octanol–water partition coefficient (Wildman–Crippen LogP) is 5.65. The summed E-state index contributed by atoms with van der Waals surface area (Å²) >= 11 is 7.64. The molecule has 0 spiro atoms. The molecular weight excluding hydrogens is 468 g/mol. The van der Waals surface area contributed by atoms with Gasteiger partial charge in [0.2, 0.25) is 0 Å². The van der Waals surface area contributed by atoms with Crippen LogP contribution >= 0.6 is 22.9 Å². The van der Waals surface area contributed by atoms with Gasteiger partial charge in [-0.3, -0.25) is 19.5 Å². The van der Waals surface area contributed by atoms with Crippen molar-refractivity contribution >= 4 is 44.9 Å². The number of rotatable bonds is 5. The van der Waals surface area contributed by atoms with Crippen molar-refractivity contribution in [3.05, 3.63) is 116 Å². The van der Waals surface area contributed by atoms with Gasteiger partial charge in [0, 0.05) is 28.1 Å². The van der Waals surface area contributed by atoms with Crippen LogP contribution in [0.5, 0.6) is 0 Å². The number of anilines is 1. The molecule has 6 nitrogen and oxygen atoms in total. The van der Waals surface area contributed by atoms with E-state index in [4.69, 9.17) is 11.6 Å². The molecule has 5 aromatic rings. The van der Waals surface area contributed by atoms with E-state index in [1.54, 1.807) is 42.6 Å². The Morgan fingerprint density at radius 1 is 1.06 bits per heavy atom. The molecule has 0 saturated heterocycles. The molecule has 0 saturated carbocycles. The van der Waals surface area contributed by atoms with Crippen LogP contribution in [0, 0.1) is 6.92 Å². The molecule has 2 heterocycles. The summed E-state index contributed by atoms with van der Waals surface area (Å²) in [5.74, 6) is -0.269. The molecule has 34 heavy (non-hydrogen) atoms. The van der Waals surface area contributed by atoms with Gasteiger partial charge in [0.05, 0.1) is 16.6 Å². The maximum absolute atomic E-state index is 12.8. The number of carbonyl (C=O) groups is 1. The lowest BCUT2D eigenvalue weighted by Gasteiger charge is -2.08. The van der Waals surface area contributed by atoms with E-state index in [9.17, 15) is 9.59 Å². The molecule has 5 rings (SSSR count). The summed E-state index contributed by atoms with van der Waals surface area (Å²) < 4.78 is 1.47. The summed E-state index contributed by atoms with van der Waals surface area (Å²) in [4.78, 5) is 35.2. The molecule has 0 aliphatic carbocycles. The van der Waals surface area contributed by atoms with Crippen LogP contribution in [0.3, 0.4) is 0 Å². The molecular formula is C26H19ClN4O2S. The highest BCUT2D eigenvalue weighted by molar-refractivity contribution is 7.15. The van der Waals surface area contributed by atoms with Crippen LogP contribution in [0.4, 0.5) is 5.13 Å². The summed E-state index contributed by atoms with van der Waals surface area (Å²) in [6.07, 6.45) is 3.95. The highest BCUT2D eigenvalue weighted by Gasteiger charge is 2.11. The molecule has 0 aliphatic heterocycles. The van der Waals surface area contributed by atoms with E-state index in [-0.39, 0.29) is 11.5 Å². The molecule has 1 N–H and O–H groups in total. The van der Waals surface area contributed by atoms with Gasteiger partial charge in [0.15, 0.2) is 5.13 Å². The number of fused-ring (bicyclic) bond motifs is 1. The van der Waals surface area contributed by atoms with Crippen LogP contribution in [-0.2, 0) is 6.42 Å². The first kappa shape index (κ1) is 22.0. The monoisotopic (exact) mass is 486 g/mol. The van der Waals surface area contributed by atoms with Crippen molar-refractivity contribution in [2.45, 2.75) is 13.3 Å². The van der Waals surface area contributed by atoms with Crippen LogP contribution in [-0.4, -0.2) is 20.4 Å². The quantitative estimate of drug-likeness (QED) is 0.348. The SMILES string of the molecule is Cc1ccc(Cc2cnc(NC(=O)c3ccc(-n4cnc5ccccc5c4=O)cc3)s2)cc1Cl. The van der Waals surface area contributed by atoms with Gasteiger partial charge in [0.1, 0.15) is 6.33 Å². The number of nitrogens with one attached hydrogen (secondary N) is 1. The van der Waals surface area contributed by atoms with E-state index in [1.807, 2.05) is 37.3 Å². The lowest BCUT2D eigenvalue weighted by molar-refractivity contribution is 0.102. The number of thiazole rings is 1. The second-order valence-corrected chi connectivity index (χ2v) is 9.35. The first-order valence-corrected chi connectivity index (χ1v) is 11.8. The molecule has 1 amide bonds. The second-order valence-electron chi connectivity index (χ2n) is 7.83. The van der Waals surface area contributed by atoms with Gasteiger partial charge in [-0.1, -0.05) is 35.9 Å². The fourth-order valence-electron chi connectivity index (χ4n) is 3.59. The van der Waals surface area contributed by atoms with Gasteiger partial charge < -0.3 is 0 Å². The van der Waals surface area contributed by atoms with Gasteiger partial charge in [0.25, 0.3) is 11.5 Å². The smallest absolute Gasteiger partial charge is 0.265 e. The summed E-state index contributed by atoms with van der Waals surface area (Å²) in [5.41, 5.74) is 3.71. The lowest BCUT2D eigenvalue weighted by Crippen LogP contribution is -2.19. The average molecular weight is 487 g/mol. The Bertz CT molecular complexity index is 1570. The fourth-order valence-corrected chi connectivity index (χ4v) is 4.64. The Morgan fingerprint density at radius 3 is 2.65 bits per heavy atom. The number of benzene rings is 3. The third-order valence-electron chi connectivity index (χ3n) is 5.46. The predicted molar refractivity (Wildman–Crippen MR) is 136 cm³/mol. The highest BCUT2D eigenvalue weighted by atomic mass is 35.5. The number of amides is 1. The molecule has 0 aliphatic rings. The highest BCUT2D eigenvalue weighted by Crippen LogP contribution is 2.24. The van der Waals surface area contributed by atoms with Crippen molar-refractivity contribution < 1.29 is 4.79 Å². The third kappa shape index (κ3) is 4.48. The number of para-hydroxylation sites is 1. The van der Waals surface area contributed by atoms with Gasteiger partial charge >= 0.3 is 0 Å². The lowest BCUT2D eigenvalue weighted by atomic mass is 10.1. The minimum atomic E-state index is -0.269. The molecule has 0 fully saturated rings. The van der Waals surface area contributed by atoms with Crippen molar-refractivity contribution in [2.24, 2.45) is 0 Å². The number of hydrogen-bond donors (Lipinski definition) is 1. The van der Waals surface area contributed by atoms with E-state index >= 15 is 0 Å². The largest absolute Gasteiger partial charge is 0.298 e. The summed E-state index contributed by atoms with van der Waals surface area (Å²) in [5, 5.41) is 4.64. The van der Waals surface area contributed by atoms with Crippen molar-refractivity contribution in [1.29, 1.82) is 0 Å². The Kier molecular flexibility index (Phi) is 5.96. The number of carbonyl (C=O) groups excluding carboxylic acids is 1. The number of halogens is 1. The van der Waals surface area contributed by atoms with E-state index < -0.39 is 0 Å². The topological polar surface area (TPSA) is 76.9 Å². The van der Waals surface area contributed by atoms with Crippen molar-refractivity contribution in [2.75, 3.05) is 5.32 Å². The minimum Gasteiger partial charge on any atom is -0.298 e. The maximum atomic E-state index is 12.8. The van der Waals surface area contributed by atoms with Gasteiger partial charge in [-0.15, -0.1) is 11.3 Å². The molecule has 168 valence electrons. The normalized spacial score (nSPS) is 11.0. The zero-order valence-electron chi connectivity index (χ0n) is 18.2. The average Bonchev–Trinajstić information content (AvgIpc) is 3.28. The van der Waals surface area contributed by atoms with Crippen LogP contribution in [0.2, 0.25) is 5.02 Å². The van der Waals surface area contributed by atoms with Crippen LogP contribution in [0.25, 0.3) is 16.6 Å². The maximum Gasteiger partial charge on any atom is 0.265 e. The van der Waals surface area contributed by atoms with E-state index in [2.05, 4.69) is 15.3 Å². The molecule has 8 heteroatoms. The minimum absolute atomic E-state index is 0.159. The van der Waals surface area contributed by atoms with Gasteiger partial charge in [-0.2, -0.15) is 0 Å². The first-order valence-electron chi connectivity index (χ1n) is 10.6. The van der Waals surface area contributed by atoms with E-state index in [1.165, 1.54) is 22.2 Å². The summed E-state index contributed by atoms with van der Waals surface area (Å²) in [6, 6.07) is 20.0. The number of nitrogens with zero attached hydrogens (tertiary/aromatic N) is 3. The van der Waals surface area contributed by atoms with Gasteiger partial charge in [-0.05, 0) is 60.5 Å². The standard InChI is InChI=1S/C26H19ClN4O2S/c1-16-6-7-17(13-22(16)27)12-20-14-28-26(34-20)30-24(32)18-8-10-19(11-9-18)31-15-29-23-5-3-2-4-21(23)25(31)33/h2-11,13-15H,12H2,1H3,(H,28,30,32). The van der Waals surface area contributed by atoms with Crippen LogP contribution in [0.1, 0.15) is 26.4 Å². The summed E-state index contributed by atoms with van der Waals surface area (Å²) in [6.45, 7) is 1.97. The summed E-state index contributed by atoms with van der Waals surface area (Å²) in [7, 11) is 0. The van der Waals surface area contributed by atoms with Crippen molar-refractivity contribution in [3.63, 3.8) is 0 Å². The Hall–Kier alpha value is -3.81. The van der Waals surface area contributed by atoms with Crippen molar-refractivity contribution in [3.8, 4) is 5.69 Å². The molecule has 0 radical (unpaired) electrons. The Morgan fingerprint density at radius 2 is 1.85 bits per heavy atom. The van der Waals surface area contributed by atoms with Crippen molar-refractivity contribution in [1.82, 2.24) is 14.5 Å². The fraction of sp³-hybridized carbons (Fsp3) is 0.0769. The van der Waals surface area contributed by atoms with Gasteiger partial charge in [-0.25, -0.2) is 9.97 Å². The second kappa shape index (κ2) is 9.21. The van der Waals surface area contributed by atoms with Crippen LogP contribution in [0.15, 0.2) is 84.0 Å². The number of hydrogen-bond acceptors (Lipinski definition) is 5. The zero-order chi connectivity index (χ0) is 23.7. The van der Waals surface area contributed by atoms with Crippen LogP contribution < -0.4 is 10.9 Å². The zero-order valence-corrected chi connectivity index (χ0v) is 19.7. The molecule has 2 aromatic heterocycles. The Balaban J connectivity index is 1.29. The molecule has 0 bridgehead atoms. The third-order valence-corrected chi connectivity index (χ3v) is 6.78. The Labute approximate surface area is 204 Å². The number of aryl methyl sites for hydroxylation is 1. The molecule has 0 atom stereocenters. The van der Waals surface area contributed by atoms with E-state index in [0.717, 1.165) is 21.0 Å². The molecule has 0 unspecified atom stereocenters.